The molecule has 4 heteroatoms. The van der Waals surface area contributed by atoms with Gasteiger partial charge in [-0.25, -0.2) is 0 Å². The third kappa shape index (κ3) is 2.72. The van der Waals surface area contributed by atoms with Gasteiger partial charge in [-0.2, -0.15) is 0 Å². The van der Waals surface area contributed by atoms with Gasteiger partial charge in [-0.05, 0) is 41.8 Å². The number of halogens is 2. The second kappa shape index (κ2) is 5.78. The number of hydrogen-bond acceptors (Lipinski definition) is 2. The molecule has 1 heterocycles. The Hall–Kier alpha value is -1.00. The number of rotatable bonds is 2. The summed E-state index contributed by atoms with van der Waals surface area (Å²) in [7, 11) is 0. The monoisotopic (exact) mass is 396 g/mol. The molecule has 0 radical (unpaired) electrons. The van der Waals surface area contributed by atoms with Crippen molar-refractivity contribution in [3.05, 3.63) is 57.6 Å². The van der Waals surface area contributed by atoms with Crippen molar-refractivity contribution in [3.63, 3.8) is 0 Å². The fourth-order valence-electron chi connectivity index (χ4n) is 2.23. The third-order valence-corrected chi connectivity index (χ3v) is 5.00. The quantitative estimate of drug-likeness (QED) is 0.663. The molecule has 0 fully saturated rings. The van der Waals surface area contributed by atoms with E-state index in [1.54, 1.807) is 0 Å². The van der Waals surface area contributed by atoms with Gasteiger partial charge in [0.25, 0.3) is 0 Å². The number of fused-ring (bicyclic) bond motifs is 1. The fraction of sp³-hybridized carbons (Fsp3) is 0.250. The smallest absolute Gasteiger partial charge is 0.161 e. The van der Waals surface area contributed by atoms with Crippen LogP contribution < -0.4 is 9.47 Å². The molecule has 0 saturated heterocycles. The first-order chi connectivity index (χ1) is 9.65. The molecular formula is C16H14Br2O2. The van der Waals surface area contributed by atoms with Crippen LogP contribution in [-0.2, 0) is 0 Å². The first kappa shape index (κ1) is 14.0. The molecule has 0 aliphatic carbocycles. The summed E-state index contributed by atoms with van der Waals surface area (Å²) in [5, 5.41) is 0. The normalized spacial score (nSPS) is 14.9. The summed E-state index contributed by atoms with van der Waals surface area (Å²) in [5.74, 6) is 1.64. The van der Waals surface area contributed by atoms with Gasteiger partial charge in [0.2, 0.25) is 0 Å². The molecule has 1 atom stereocenters. The molecule has 0 N–H and O–H groups in total. The molecule has 1 aliphatic rings. The summed E-state index contributed by atoms with van der Waals surface area (Å²) in [6.07, 6.45) is 0. The lowest BCUT2D eigenvalue weighted by Crippen LogP contribution is -2.15. The van der Waals surface area contributed by atoms with E-state index < -0.39 is 0 Å². The summed E-state index contributed by atoms with van der Waals surface area (Å²) in [5.41, 5.74) is 3.59. The van der Waals surface area contributed by atoms with Gasteiger partial charge in [-0.3, -0.25) is 0 Å². The molecule has 20 heavy (non-hydrogen) atoms. The van der Waals surface area contributed by atoms with E-state index in [9.17, 15) is 0 Å². The van der Waals surface area contributed by atoms with Crippen molar-refractivity contribution in [1.82, 2.24) is 0 Å². The standard InChI is InChI=1S/C16H14Br2O2/c1-10-2-4-12(13(17)8-10)16(18)11-3-5-14-15(9-11)20-7-6-19-14/h2-5,8-9,16H,6-7H2,1H3. The van der Waals surface area contributed by atoms with E-state index in [-0.39, 0.29) is 4.83 Å². The van der Waals surface area contributed by atoms with Gasteiger partial charge in [-0.1, -0.05) is 50.1 Å². The van der Waals surface area contributed by atoms with E-state index in [2.05, 4.69) is 63.0 Å². The van der Waals surface area contributed by atoms with E-state index in [0.29, 0.717) is 13.2 Å². The van der Waals surface area contributed by atoms with Gasteiger partial charge < -0.3 is 9.47 Å². The summed E-state index contributed by atoms with van der Waals surface area (Å²) < 4.78 is 12.3. The molecule has 1 unspecified atom stereocenters. The van der Waals surface area contributed by atoms with E-state index >= 15 is 0 Å². The molecule has 1 aliphatic heterocycles. The van der Waals surface area contributed by atoms with Gasteiger partial charge in [0.05, 0.1) is 4.83 Å². The Morgan fingerprint density at radius 3 is 2.50 bits per heavy atom. The van der Waals surface area contributed by atoms with E-state index in [4.69, 9.17) is 9.47 Å². The Morgan fingerprint density at radius 2 is 1.75 bits per heavy atom. The highest BCUT2D eigenvalue weighted by Crippen LogP contribution is 2.40. The zero-order valence-corrected chi connectivity index (χ0v) is 14.2. The molecule has 104 valence electrons. The molecular weight excluding hydrogens is 384 g/mol. The van der Waals surface area contributed by atoms with Crippen LogP contribution in [0.5, 0.6) is 11.5 Å². The van der Waals surface area contributed by atoms with Crippen LogP contribution in [0.2, 0.25) is 0 Å². The van der Waals surface area contributed by atoms with Crippen LogP contribution >= 0.6 is 31.9 Å². The first-order valence-corrected chi connectivity index (χ1v) is 8.15. The average molecular weight is 398 g/mol. The van der Waals surface area contributed by atoms with E-state index in [1.807, 2.05) is 12.1 Å². The lowest BCUT2D eigenvalue weighted by molar-refractivity contribution is 0.171. The Labute approximate surface area is 135 Å². The Balaban J connectivity index is 1.95. The second-order valence-electron chi connectivity index (χ2n) is 4.79. The van der Waals surface area contributed by atoms with Crippen LogP contribution in [0.3, 0.4) is 0 Å². The first-order valence-electron chi connectivity index (χ1n) is 6.45. The molecule has 0 spiro atoms. The highest BCUT2D eigenvalue weighted by atomic mass is 79.9. The van der Waals surface area contributed by atoms with Crippen molar-refractivity contribution in [3.8, 4) is 11.5 Å². The number of aryl methyl sites for hydroxylation is 1. The maximum atomic E-state index is 5.64. The van der Waals surface area contributed by atoms with Crippen molar-refractivity contribution < 1.29 is 9.47 Å². The van der Waals surface area contributed by atoms with E-state index in [0.717, 1.165) is 21.5 Å². The zero-order valence-electron chi connectivity index (χ0n) is 11.0. The second-order valence-corrected chi connectivity index (χ2v) is 6.56. The van der Waals surface area contributed by atoms with Crippen molar-refractivity contribution in [2.24, 2.45) is 0 Å². The fourth-order valence-corrected chi connectivity index (χ4v) is 3.95. The predicted octanol–water partition coefficient (Wildman–Crippen LogP) is 5.01. The minimum absolute atomic E-state index is 0.119. The van der Waals surface area contributed by atoms with Gasteiger partial charge in [0.15, 0.2) is 11.5 Å². The minimum atomic E-state index is 0.119. The van der Waals surface area contributed by atoms with Crippen molar-refractivity contribution in [2.75, 3.05) is 13.2 Å². The van der Waals surface area contributed by atoms with E-state index in [1.165, 1.54) is 11.1 Å². The molecule has 2 aromatic rings. The SMILES string of the molecule is Cc1ccc(C(Br)c2ccc3c(c2)OCCO3)c(Br)c1. The number of hydrogen-bond donors (Lipinski definition) is 0. The zero-order chi connectivity index (χ0) is 14.1. The average Bonchev–Trinajstić information content (AvgIpc) is 2.46. The van der Waals surface area contributed by atoms with Crippen LogP contribution in [-0.4, -0.2) is 13.2 Å². The molecule has 2 nitrogen and oxygen atoms in total. The predicted molar refractivity (Wildman–Crippen MR) is 87.1 cm³/mol. The largest absolute Gasteiger partial charge is 0.486 e. The highest BCUT2D eigenvalue weighted by Gasteiger charge is 2.18. The Kier molecular flexibility index (Phi) is 4.03. The van der Waals surface area contributed by atoms with Crippen molar-refractivity contribution in [1.29, 1.82) is 0 Å². The third-order valence-electron chi connectivity index (χ3n) is 3.29. The van der Waals surface area contributed by atoms with Crippen LogP contribution in [0.25, 0.3) is 0 Å². The highest BCUT2D eigenvalue weighted by molar-refractivity contribution is 9.11. The maximum absolute atomic E-state index is 5.64. The van der Waals surface area contributed by atoms with Crippen molar-refractivity contribution >= 4 is 31.9 Å². The van der Waals surface area contributed by atoms with Gasteiger partial charge in [0.1, 0.15) is 13.2 Å². The summed E-state index contributed by atoms with van der Waals surface area (Å²) in [4.78, 5) is 0.119. The van der Waals surface area contributed by atoms with Crippen LogP contribution in [0.15, 0.2) is 40.9 Å². The van der Waals surface area contributed by atoms with Crippen LogP contribution in [0.4, 0.5) is 0 Å². The van der Waals surface area contributed by atoms with Gasteiger partial charge in [0, 0.05) is 4.47 Å². The molecule has 0 saturated carbocycles. The number of benzene rings is 2. The maximum Gasteiger partial charge on any atom is 0.161 e. The molecule has 0 aromatic heterocycles. The van der Waals surface area contributed by atoms with Crippen LogP contribution in [0.1, 0.15) is 21.5 Å². The van der Waals surface area contributed by atoms with Gasteiger partial charge >= 0.3 is 0 Å². The number of ether oxygens (including phenoxy) is 2. The van der Waals surface area contributed by atoms with Crippen molar-refractivity contribution in [2.45, 2.75) is 11.8 Å². The van der Waals surface area contributed by atoms with Gasteiger partial charge in [-0.15, -0.1) is 0 Å². The minimum Gasteiger partial charge on any atom is -0.486 e. The Morgan fingerprint density at radius 1 is 1.00 bits per heavy atom. The molecule has 2 aromatic carbocycles. The summed E-state index contributed by atoms with van der Waals surface area (Å²) in [6.45, 7) is 3.31. The molecule has 0 amide bonds. The molecule has 3 rings (SSSR count). The number of alkyl halides is 1. The lowest BCUT2D eigenvalue weighted by atomic mass is 10.0. The Bertz CT molecular complexity index is 640. The molecule has 0 bridgehead atoms. The lowest BCUT2D eigenvalue weighted by Gasteiger charge is -2.20. The topological polar surface area (TPSA) is 18.5 Å². The van der Waals surface area contributed by atoms with Crippen LogP contribution in [0, 0.1) is 6.92 Å². The summed E-state index contributed by atoms with van der Waals surface area (Å²) in [6, 6.07) is 12.5. The summed E-state index contributed by atoms with van der Waals surface area (Å²) >= 11 is 7.40.